The first-order valence-corrected chi connectivity index (χ1v) is 9.54. The van der Waals surface area contributed by atoms with Gasteiger partial charge in [-0.2, -0.15) is 0 Å². The maximum Gasteiger partial charge on any atom is 0.0490 e. The first-order chi connectivity index (χ1) is 13.3. The van der Waals surface area contributed by atoms with Crippen LogP contribution in [0, 0.1) is 0 Å². The third-order valence-corrected chi connectivity index (χ3v) is 6.00. The van der Waals surface area contributed by atoms with Crippen LogP contribution < -0.4 is 0 Å². The predicted octanol–water partition coefficient (Wildman–Crippen LogP) is 8.11. The second kappa shape index (κ2) is 5.45. The molecule has 0 aliphatic heterocycles. The Morgan fingerprint density at radius 2 is 0.704 bits per heavy atom. The summed E-state index contributed by atoms with van der Waals surface area (Å²) in [4.78, 5) is 0. The third kappa shape index (κ3) is 1.94. The predicted molar refractivity (Wildman–Crippen MR) is 119 cm³/mol. The molecule has 0 radical (unpaired) electrons. The molecule has 6 aromatic carbocycles. The molecule has 0 unspecified atom stereocenters. The lowest BCUT2D eigenvalue weighted by Gasteiger charge is -2.16. The van der Waals surface area contributed by atoms with Gasteiger partial charge in [-0.15, -0.1) is 0 Å². The summed E-state index contributed by atoms with van der Waals surface area (Å²) in [6.07, 6.45) is 0. The van der Waals surface area contributed by atoms with E-state index in [9.17, 15) is 0 Å². The molecule has 0 aromatic heterocycles. The second-order valence-electron chi connectivity index (χ2n) is 7.05. The Bertz CT molecular complexity index is 1530. The molecule has 6 aromatic rings. The van der Waals surface area contributed by atoms with Crippen molar-refractivity contribution in [2.75, 3.05) is 0 Å². The number of rotatable bonds is 0. The van der Waals surface area contributed by atoms with E-state index in [1.54, 1.807) is 0 Å². The van der Waals surface area contributed by atoms with Gasteiger partial charge in [0, 0.05) is 10.4 Å². The van der Waals surface area contributed by atoms with Crippen molar-refractivity contribution < 1.29 is 0 Å². The molecular weight excluding hydrogens is 348 g/mol. The number of hydrogen-bond acceptors (Lipinski definition) is 0. The fourth-order valence-electron chi connectivity index (χ4n) is 4.63. The zero-order valence-corrected chi connectivity index (χ0v) is 15.3. The van der Waals surface area contributed by atoms with E-state index in [1.807, 2.05) is 6.07 Å². The van der Waals surface area contributed by atoms with E-state index in [0.717, 1.165) is 10.4 Å². The first kappa shape index (κ1) is 15.0. The Balaban J connectivity index is 2.14. The molecule has 0 heterocycles. The molecule has 0 saturated heterocycles. The molecule has 0 aliphatic carbocycles. The average molecular weight is 363 g/mol. The Morgan fingerprint density at radius 3 is 1.26 bits per heavy atom. The normalized spacial score (nSPS) is 11.9. The molecule has 1 heteroatoms. The van der Waals surface area contributed by atoms with E-state index in [4.69, 9.17) is 11.6 Å². The summed E-state index contributed by atoms with van der Waals surface area (Å²) in [5, 5.41) is 13.4. The summed E-state index contributed by atoms with van der Waals surface area (Å²) in [7, 11) is 0. The molecular formula is C26H15Cl. The number of hydrogen-bond donors (Lipinski definition) is 0. The maximum absolute atomic E-state index is 6.71. The topological polar surface area (TPSA) is 0 Å². The smallest absolute Gasteiger partial charge is 0.0490 e. The van der Waals surface area contributed by atoms with Crippen molar-refractivity contribution in [1.82, 2.24) is 0 Å². The summed E-state index contributed by atoms with van der Waals surface area (Å²) in [5.41, 5.74) is 0. The van der Waals surface area contributed by atoms with Gasteiger partial charge in [-0.25, -0.2) is 0 Å². The molecule has 0 saturated carbocycles. The van der Waals surface area contributed by atoms with Gasteiger partial charge in [0.1, 0.15) is 0 Å². The van der Waals surface area contributed by atoms with Crippen LogP contribution in [0.5, 0.6) is 0 Å². The average Bonchev–Trinajstić information content (AvgIpc) is 2.73. The quantitative estimate of drug-likeness (QED) is 0.239. The summed E-state index contributed by atoms with van der Waals surface area (Å²) >= 11 is 6.71. The Hall–Kier alpha value is -3.09. The highest BCUT2D eigenvalue weighted by Crippen LogP contribution is 2.44. The van der Waals surface area contributed by atoms with Gasteiger partial charge in [-0.3, -0.25) is 0 Å². The van der Waals surface area contributed by atoms with Crippen LogP contribution in [-0.2, 0) is 0 Å². The zero-order chi connectivity index (χ0) is 18.0. The van der Waals surface area contributed by atoms with Crippen LogP contribution in [0.1, 0.15) is 0 Å². The molecule has 0 fully saturated rings. The Kier molecular flexibility index (Phi) is 3.03. The minimum atomic E-state index is 0.808. The van der Waals surface area contributed by atoms with E-state index < -0.39 is 0 Å². The minimum Gasteiger partial charge on any atom is -0.0836 e. The van der Waals surface area contributed by atoms with Crippen LogP contribution in [0.2, 0.25) is 5.02 Å². The minimum absolute atomic E-state index is 0.808. The lowest BCUT2D eigenvalue weighted by Crippen LogP contribution is -1.88. The largest absolute Gasteiger partial charge is 0.0836 e. The van der Waals surface area contributed by atoms with Gasteiger partial charge in [0.2, 0.25) is 0 Å². The molecule has 126 valence electrons. The van der Waals surface area contributed by atoms with Crippen LogP contribution in [0.4, 0.5) is 0 Å². The zero-order valence-electron chi connectivity index (χ0n) is 14.5. The number of benzene rings is 6. The van der Waals surface area contributed by atoms with E-state index in [2.05, 4.69) is 84.9 Å². The number of halogens is 1. The van der Waals surface area contributed by atoms with Gasteiger partial charge in [0.15, 0.2) is 0 Å². The van der Waals surface area contributed by atoms with Crippen LogP contribution in [0.15, 0.2) is 91.0 Å². The van der Waals surface area contributed by atoms with Crippen LogP contribution in [0.25, 0.3) is 53.9 Å². The van der Waals surface area contributed by atoms with Gasteiger partial charge >= 0.3 is 0 Å². The highest BCUT2D eigenvalue weighted by molar-refractivity contribution is 6.44. The van der Waals surface area contributed by atoms with Crippen LogP contribution >= 0.6 is 11.6 Å². The summed E-state index contributed by atoms with van der Waals surface area (Å²) < 4.78 is 0. The van der Waals surface area contributed by atoms with E-state index in [-0.39, 0.29) is 0 Å². The van der Waals surface area contributed by atoms with E-state index in [1.165, 1.54) is 48.5 Å². The van der Waals surface area contributed by atoms with Crippen molar-refractivity contribution in [2.45, 2.75) is 0 Å². The van der Waals surface area contributed by atoms with Crippen LogP contribution in [0.3, 0.4) is 0 Å². The molecule has 0 aliphatic rings. The maximum atomic E-state index is 6.71. The second-order valence-corrected chi connectivity index (χ2v) is 7.46. The third-order valence-electron chi connectivity index (χ3n) is 5.68. The van der Waals surface area contributed by atoms with Gasteiger partial charge < -0.3 is 0 Å². The van der Waals surface area contributed by atoms with Crippen LogP contribution in [-0.4, -0.2) is 0 Å². The van der Waals surface area contributed by atoms with E-state index in [0.29, 0.717) is 0 Å². The summed E-state index contributed by atoms with van der Waals surface area (Å²) in [6, 6.07) is 32.3. The monoisotopic (exact) mass is 362 g/mol. The first-order valence-electron chi connectivity index (χ1n) is 9.17. The van der Waals surface area contributed by atoms with Crippen molar-refractivity contribution in [3.05, 3.63) is 96.0 Å². The van der Waals surface area contributed by atoms with Gasteiger partial charge in [0.05, 0.1) is 0 Å². The molecule has 0 atom stereocenters. The Labute approximate surface area is 161 Å². The lowest BCUT2D eigenvalue weighted by molar-refractivity contribution is 1.78. The number of fused-ring (bicyclic) bond motifs is 11. The molecule has 27 heavy (non-hydrogen) atoms. The summed E-state index contributed by atoms with van der Waals surface area (Å²) in [6.45, 7) is 0. The van der Waals surface area contributed by atoms with Crippen molar-refractivity contribution in [3.63, 3.8) is 0 Å². The summed E-state index contributed by atoms with van der Waals surface area (Å²) in [5.74, 6) is 0. The van der Waals surface area contributed by atoms with Gasteiger partial charge in [-0.1, -0.05) is 96.5 Å². The van der Waals surface area contributed by atoms with Crippen molar-refractivity contribution in [3.8, 4) is 0 Å². The highest BCUT2D eigenvalue weighted by atomic mass is 35.5. The van der Waals surface area contributed by atoms with Crippen molar-refractivity contribution in [1.29, 1.82) is 0 Å². The molecule has 6 rings (SSSR count). The molecule has 0 nitrogen and oxygen atoms in total. The van der Waals surface area contributed by atoms with Crippen molar-refractivity contribution >= 4 is 65.5 Å². The lowest BCUT2D eigenvalue weighted by atomic mass is 9.87. The molecule has 0 bridgehead atoms. The Morgan fingerprint density at radius 1 is 0.333 bits per heavy atom. The fourth-order valence-corrected chi connectivity index (χ4v) is 4.90. The molecule has 0 N–H and O–H groups in total. The fraction of sp³-hybridized carbons (Fsp3) is 0. The van der Waals surface area contributed by atoms with Gasteiger partial charge in [0.25, 0.3) is 0 Å². The molecule has 0 amide bonds. The molecule has 0 spiro atoms. The standard InChI is InChI=1S/C26H15Cl/c27-23-15-7-14-22-24(23)20-12-5-6-13-21(20)25-18-10-3-1-8-16(18)17-9-2-4-11-19(17)26(22)25/h1-15H. The van der Waals surface area contributed by atoms with Gasteiger partial charge in [-0.05, 0) is 54.5 Å². The van der Waals surface area contributed by atoms with E-state index >= 15 is 0 Å². The van der Waals surface area contributed by atoms with Crippen molar-refractivity contribution in [2.24, 2.45) is 0 Å². The highest BCUT2D eigenvalue weighted by Gasteiger charge is 2.16. The SMILES string of the molecule is Clc1cccc2c1c1ccccc1c1c3ccccc3c3ccccc3c21.